The molecule has 2 aromatic carbocycles. The van der Waals surface area contributed by atoms with Crippen LogP contribution in [0.25, 0.3) is 6.08 Å². The van der Waals surface area contributed by atoms with Gasteiger partial charge in [-0.25, -0.2) is 0 Å². The molecule has 1 unspecified atom stereocenters. The van der Waals surface area contributed by atoms with Crippen LogP contribution in [0.15, 0.2) is 54.6 Å². The number of amides is 2. The summed E-state index contributed by atoms with van der Waals surface area (Å²) in [5.41, 5.74) is 2.49. The number of carbonyl (C=O) groups excluding carboxylic acids is 2. The molecule has 1 heterocycles. The lowest BCUT2D eigenvalue weighted by atomic mass is 10.1. The van der Waals surface area contributed by atoms with Crippen LogP contribution in [0.1, 0.15) is 27.6 Å². The fraction of sp³-hybridized carbons (Fsp3) is 0.273. The van der Waals surface area contributed by atoms with E-state index in [1.807, 2.05) is 36.4 Å². The van der Waals surface area contributed by atoms with E-state index < -0.39 is 0 Å². The van der Waals surface area contributed by atoms with Crippen molar-refractivity contribution in [1.29, 1.82) is 0 Å². The first-order chi connectivity index (χ1) is 13.4. The molecule has 1 aliphatic rings. The van der Waals surface area contributed by atoms with E-state index in [0.717, 1.165) is 11.1 Å². The number of benzene rings is 2. The van der Waals surface area contributed by atoms with Gasteiger partial charge in [-0.3, -0.25) is 9.59 Å². The molecular formula is C22H23ClN2O3. The van der Waals surface area contributed by atoms with Gasteiger partial charge in [0.2, 0.25) is 5.91 Å². The molecule has 0 aliphatic carbocycles. The van der Waals surface area contributed by atoms with Crippen LogP contribution in [0.2, 0.25) is 5.02 Å². The first-order valence-corrected chi connectivity index (χ1v) is 9.47. The standard InChI is InChI=1S/C22H23ClN2O3/c1-24(2)22(27)18-6-3-16(4-7-18)5-12-21(26)25-13-14-28-20(15-25)17-8-10-19(23)11-9-17/h3-12,20H,13-15H2,1-2H3/b12-5+. The third-order valence-corrected chi connectivity index (χ3v) is 4.85. The van der Waals surface area contributed by atoms with E-state index in [0.29, 0.717) is 30.3 Å². The van der Waals surface area contributed by atoms with Crippen molar-refractivity contribution >= 4 is 29.5 Å². The van der Waals surface area contributed by atoms with Crippen molar-refractivity contribution in [3.63, 3.8) is 0 Å². The maximum absolute atomic E-state index is 12.6. The number of morpholine rings is 1. The van der Waals surface area contributed by atoms with Crippen LogP contribution in [0.3, 0.4) is 0 Å². The van der Waals surface area contributed by atoms with Crippen LogP contribution in [0.5, 0.6) is 0 Å². The summed E-state index contributed by atoms with van der Waals surface area (Å²) in [5.74, 6) is -0.108. The number of nitrogens with zero attached hydrogens (tertiary/aromatic N) is 2. The summed E-state index contributed by atoms with van der Waals surface area (Å²) in [7, 11) is 3.43. The molecule has 0 aromatic heterocycles. The minimum Gasteiger partial charge on any atom is -0.370 e. The molecule has 0 radical (unpaired) electrons. The molecule has 1 fully saturated rings. The van der Waals surface area contributed by atoms with Gasteiger partial charge in [-0.15, -0.1) is 0 Å². The molecule has 6 heteroatoms. The van der Waals surface area contributed by atoms with E-state index in [9.17, 15) is 9.59 Å². The number of rotatable bonds is 4. The molecule has 1 aliphatic heterocycles. The highest BCUT2D eigenvalue weighted by Crippen LogP contribution is 2.24. The minimum absolute atomic E-state index is 0.0480. The monoisotopic (exact) mass is 398 g/mol. The second-order valence-corrected chi connectivity index (χ2v) is 7.29. The average Bonchev–Trinajstić information content (AvgIpc) is 2.72. The first-order valence-electron chi connectivity index (χ1n) is 9.10. The molecule has 146 valence electrons. The molecule has 28 heavy (non-hydrogen) atoms. The summed E-state index contributed by atoms with van der Waals surface area (Å²) in [4.78, 5) is 27.8. The molecule has 2 aromatic rings. The fourth-order valence-electron chi connectivity index (χ4n) is 3.00. The van der Waals surface area contributed by atoms with Crippen LogP contribution in [-0.4, -0.2) is 55.4 Å². The fourth-order valence-corrected chi connectivity index (χ4v) is 3.12. The molecule has 5 nitrogen and oxygen atoms in total. The number of halogens is 1. The Labute approximate surface area is 170 Å². The summed E-state index contributed by atoms with van der Waals surface area (Å²) < 4.78 is 5.80. The van der Waals surface area contributed by atoms with Gasteiger partial charge in [-0.05, 0) is 41.5 Å². The molecule has 3 rings (SSSR count). The van der Waals surface area contributed by atoms with E-state index in [2.05, 4.69) is 0 Å². The van der Waals surface area contributed by atoms with Gasteiger partial charge in [0.15, 0.2) is 0 Å². The van der Waals surface area contributed by atoms with Crippen molar-refractivity contribution in [3.8, 4) is 0 Å². The number of hydrogen-bond acceptors (Lipinski definition) is 3. The largest absolute Gasteiger partial charge is 0.370 e. The highest BCUT2D eigenvalue weighted by molar-refractivity contribution is 6.30. The van der Waals surface area contributed by atoms with Crippen molar-refractivity contribution in [2.75, 3.05) is 33.8 Å². The molecule has 2 amide bonds. The molecule has 0 bridgehead atoms. The van der Waals surface area contributed by atoms with Gasteiger partial charge in [-0.1, -0.05) is 35.9 Å². The summed E-state index contributed by atoms with van der Waals surface area (Å²) in [5, 5.41) is 0.675. The molecule has 1 saturated heterocycles. The van der Waals surface area contributed by atoms with Crippen molar-refractivity contribution < 1.29 is 14.3 Å². The lowest BCUT2D eigenvalue weighted by Crippen LogP contribution is -2.41. The Morgan fingerprint density at radius 1 is 1.11 bits per heavy atom. The second-order valence-electron chi connectivity index (χ2n) is 6.85. The smallest absolute Gasteiger partial charge is 0.253 e. The predicted molar refractivity (Wildman–Crippen MR) is 110 cm³/mol. The van der Waals surface area contributed by atoms with Crippen LogP contribution in [0.4, 0.5) is 0 Å². The highest BCUT2D eigenvalue weighted by atomic mass is 35.5. The van der Waals surface area contributed by atoms with Gasteiger partial charge in [0, 0.05) is 37.3 Å². The van der Waals surface area contributed by atoms with Crippen LogP contribution in [0, 0.1) is 0 Å². The Kier molecular flexibility index (Phi) is 6.49. The normalized spacial score (nSPS) is 17.0. The Hall–Kier alpha value is -2.63. The topological polar surface area (TPSA) is 49.9 Å². The quantitative estimate of drug-likeness (QED) is 0.738. The molecule has 0 saturated carbocycles. The first kappa shape index (κ1) is 20.1. The molecule has 0 spiro atoms. The van der Waals surface area contributed by atoms with E-state index in [1.165, 1.54) is 4.90 Å². The minimum atomic E-state index is -0.153. The molecular weight excluding hydrogens is 376 g/mol. The third kappa shape index (κ3) is 5.00. The average molecular weight is 399 g/mol. The van der Waals surface area contributed by atoms with E-state index in [-0.39, 0.29) is 17.9 Å². The van der Waals surface area contributed by atoms with Gasteiger partial charge in [0.25, 0.3) is 5.91 Å². The number of ether oxygens (including phenoxy) is 1. The maximum atomic E-state index is 12.6. The number of hydrogen-bond donors (Lipinski definition) is 0. The lowest BCUT2D eigenvalue weighted by molar-refractivity contribution is -0.133. The Morgan fingerprint density at radius 3 is 2.43 bits per heavy atom. The third-order valence-electron chi connectivity index (χ3n) is 4.60. The lowest BCUT2D eigenvalue weighted by Gasteiger charge is -2.32. The Morgan fingerprint density at radius 2 is 1.79 bits per heavy atom. The Bertz CT molecular complexity index is 860. The van der Waals surface area contributed by atoms with Crippen molar-refractivity contribution in [3.05, 3.63) is 76.3 Å². The van der Waals surface area contributed by atoms with Crippen molar-refractivity contribution in [2.24, 2.45) is 0 Å². The van der Waals surface area contributed by atoms with E-state index in [4.69, 9.17) is 16.3 Å². The van der Waals surface area contributed by atoms with E-state index >= 15 is 0 Å². The van der Waals surface area contributed by atoms with Crippen molar-refractivity contribution in [1.82, 2.24) is 9.80 Å². The Balaban J connectivity index is 1.62. The summed E-state index contributed by atoms with van der Waals surface area (Å²) in [6.45, 7) is 1.55. The zero-order valence-corrected chi connectivity index (χ0v) is 16.7. The summed E-state index contributed by atoms with van der Waals surface area (Å²) in [6.07, 6.45) is 3.17. The summed E-state index contributed by atoms with van der Waals surface area (Å²) in [6, 6.07) is 14.7. The van der Waals surface area contributed by atoms with Crippen LogP contribution >= 0.6 is 11.6 Å². The van der Waals surface area contributed by atoms with Gasteiger partial charge < -0.3 is 14.5 Å². The van der Waals surface area contributed by atoms with Crippen molar-refractivity contribution in [2.45, 2.75) is 6.10 Å². The van der Waals surface area contributed by atoms with Crippen LogP contribution < -0.4 is 0 Å². The van der Waals surface area contributed by atoms with Crippen LogP contribution in [-0.2, 0) is 9.53 Å². The highest BCUT2D eigenvalue weighted by Gasteiger charge is 2.24. The second kappa shape index (κ2) is 9.04. The van der Waals surface area contributed by atoms with Gasteiger partial charge in [0.05, 0.1) is 13.2 Å². The maximum Gasteiger partial charge on any atom is 0.253 e. The molecule has 1 atom stereocenters. The molecule has 0 N–H and O–H groups in total. The SMILES string of the molecule is CN(C)C(=O)c1ccc(/C=C/C(=O)N2CCOC(c3ccc(Cl)cc3)C2)cc1. The zero-order chi connectivity index (χ0) is 20.1. The van der Waals surface area contributed by atoms with Gasteiger partial charge >= 0.3 is 0 Å². The predicted octanol–water partition coefficient (Wildman–Crippen LogP) is 3.66. The number of carbonyl (C=O) groups is 2. The van der Waals surface area contributed by atoms with E-state index in [1.54, 1.807) is 43.3 Å². The summed E-state index contributed by atoms with van der Waals surface area (Å²) >= 11 is 5.94. The van der Waals surface area contributed by atoms with Gasteiger partial charge in [-0.2, -0.15) is 0 Å². The van der Waals surface area contributed by atoms with Gasteiger partial charge in [0.1, 0.15) is 6.10 Å². The zero-order valence-electron chi connectivity index (χ0n) is 16.0.